The number of rotatable bonds is 7. The summed E-state index contributed by atoms with van der Waals surface area (Å²) >= 11 is 0. The molecule has 1 aromatic heterocycles. The third-order valence-corrected chi connectivity index (χ3v) is 3.25. The Morgan fingerprint density at radius 1 is 1.36 bits per heavy atom. The number of carbonyl (C=O) groups excluding carboxylic acids is 1. The first kappa shape index (κ1) is 15.8. The van der Waals surface area contributed by atoms with Gasteiger partial charge < -0.3 is 14.5 Å². The zero-order chi connectivity index (χ0) is 15.9. The maximum absolute atomic E-state index is 11.4. The summed E-state index contributed by atoms with van der Waals surface area (Å²) in [6.45, 7) is 6.39. The van der Waals surface area contributed by atoms with Crippen LogP contribution in [0.5, 0.6) is 5.75 Å². The van der Waals surface area contributed by atoms with Crippen molar-refractivity contribution in [1.82, 2.24) is 5.32 Å². The molecule has 0 saturated heterocycles. The van der Waals surface area contributed by atoms with Crippen molar-refractivity contribution in [2.24, 2.45) is 0 Å². The molecule has 116 valence electrons. The lowest BCUT2D eigenvalue weighted by Crippen LogP contribution is -2.22. The molecule has 0 spiro atoms. The number of carbonyl (C=O) groups is 1. The van der Waals surface area contributed by atoms with Gasteiger partial charge in [-0.3, -0.25) is 4.79 Å². The van der Waals surface area contributed by atoms with Crippen LogP contribution in [0.1, 0.15) is 18.4 Å². The Bertz CT molecular complexity index is 733. The van der Waals surface area contributed by atoms with Gasteiger partial charge in [0.05, 0.1) is 6.61 Å². The van der Waals surface area contributed by atoms with Crippen molar-refractivity contribution in [1.29, 1.82) is 0 Å². The van der Waals surface area contributed by atoms with Gasteiger partial charge in [-0.25, -0.2) is 4.79 Å². The van der Waals surface area contributed by atoms with Crippen molar-refractivity contribution in [3.63, 3.8) is 0 Å². The fourth-order valence-corrected chi connectivity index (χ4v) is 2.10. The van der Waals surface area contributed by atoms with Crippen LogP contribution in [0.2, 0.25) is 0 Å². The number of nitrogens with one attached hydrogen (secondary N) is 1. The second-order valence-electron chi connectivity index (χ2n) is 4.96. The lowest BCUT2D eigenvalue weighted by Gasteiger charge is -2.08. The van der Waals surface area contributed by atoms with Gasteiger partial charge in [0.25, 0.3) is 0 Å². The number of unbranched alkanes of at least 4 members (excludes halogenated alkanes) is 1. The number of hydrogen-bond acceptors (Lipinski definition) is 4. The molecule has 5 nitrogen and oxygen atoms in total. The first-order chi connectivity index (χ1) is 10.6. The van der Waals surface area contributed by atoms with Crippen LogP contribution in [0, 0.1) is 6.92 Å². The molecule has 0 radical (unpaired) electrons. The van der Waals surface area contributed by atoms with Crippen LogP contribution in [-0.4, -0.2) is 19.1 Å². The average Bonchev–Trinajstić information content (AvgIpc) is 2.49. The third-order valence-electron chi connectivity index (χ3n) is 3.25. The van der Waals surface area contributed by atoms with E-state index in [2.05, 4.69) is 11.9 Å². The van der Waals surface area contributed by atoms with Crippen molar-refractivity contribution >= 4 is 16.9 Å². The summed E-state index contributed by atoms with van der Waals surface area (Å²) in [6, 6.07) is 6.94. The highest BCUT2D eigenvalue weighted by Crippen LogP contribution is 2.22. The second kappa shape index (κ2) is 7.45. The molecule has 0 fully saturated rings. The van der Waals surface area contributed by atoms with Gasteiger partial charge in [0.1, 0.15) is 11.3 Å². The molecule has 1 heterocycles. The fraction of sp³-hybridized carbons (Fsp3) is 0.294. The number of benzene rings is 1. The van der Waals surface area contributed by atoms with Crippen LogP contribution >= 0.6 is 0 Å². The lowest BCUT2D eigenvalue weighted by atomic mass is 10.1. The van der Waals surface area contributed by atoms with Crippen LogP contribution < -0.4 is 15.7 Å². The lowest BCUT2D eigenvalue weighted by molar-refractivity contribution is -0.116. The zero-order valence-electron chi connectivity index (χ0n) is 12.6. The molecule has 0 aliphatic rings. The fourth-order valence-electron chi connectivity index (χ4n) is 2.10. The second-order valence-corrected chi connectivity index (χ2v) is 4.96. The zero-order valence-corrected chi connectivity index (χ0v) is 12.6. The van der Waals surface area contributed by atoms with Gasteiger partial charge in [-0.2, -0.15) is 0 Å². The third kappa shape index (κ3) is 4.22. The molecular formula is C17H19NO4. The van der Waals surface area contributed by atoms with E-state index in [1.165, 1.54) is 12.1 Å². The molecule has 0 bridgehead atoms. The summed E-state index contributed by atoms with van der Waals surface area (Å²) in [5.74, 6) is 0.497. The van der Waals surface area contributed by atoms with E-state index in [1.54, 1.807) is 6.07 Å². The summed E-state index contributed by atoms with van der Waals surface area (Å²) < 4.78 is 10.8. The normalized spacial score (nSPS) is 10.4. The molecule has 1 N–H and O–H groups in total. The molecule has 2 rings (SSSR count). The highest BCUT2D eigenvalue weighted by Gasteiger charge is 2.04. The highest BCUT2D eigenvalue weighted by molar-refractivity contribution is 5.86. The number of hydrogen-bond donors (Lipinski definition) is 1. The predicted molar refractivity (Wildman–Crippen MR) is 85.2 cm³/mol. The predicted octanol–water partition coefficient (Wildman–Crippen LogP) is 2.56. The molecule has 22 heavy (non-hydrogen) atoms. The maximum atomic E-state index is 11.4. The Morgan fingerprint density at radius 2 is 2.18 bits per heavy atom. The largest absolute Gasteiger partial charge is 0.493 e. The monoisotopic (exact) mass is 301 g/mol. The van der Waals surface area contributed by atoms with Crippen LogP contribution in [-0.2, 0) is 4.79 Å². The molecule has 0 unspecified atom stereocenters. The summed E-state index contributed by atoms with van der Waals surface area (Å²) in [4.78, 5) is 22.3. The molecule has 0 aliphatic heterocycles. The van der Waals surface area contributed by atoms with E-state index >= 15 is 0 Å². The van der Waals surface area contributed by atoms with Crippen molar-refractivity contribution in [2.75, 3.05) is 13.2 Å². The van der Waals surface area contributed by atoms with Crippen molar-refractivity contribution in [3.8, 4) is 5.75 Å². The smallest absolute Gasteiger partial charge is 0.336 e. The van der Waals surface area contributed by atoms with E-state index in [1.807, 2.05) is 19.1 Å². The summed E-state index contributed by atoms with van der Waals surface area (Å²) in [6.07, 6.45) is 2.88. The Hall–Kier alpha value is -2.56. The molecule has 1 amide bonds. The van der Waals surface area contributed by atoms with E-state index in [4.69, 9.17) is 9.15 Å². The molecule has 2 aromatic rings. The molecule has 0 aliphatic carbocycles. The van der Waals surface area contributed by atoms with E-state index < -0.39 is 0 Å². The highest BCUT2D eigenvalue weighted by atomic mass is 16.5. The van der Waals surface area contributed by atoms with E-state index in [0.29, 0.717) is 24.5 Å². The van der Waals surface area contributed by atoms with E-state index in [-0.39, 0.29) is 11.5 Å². The topological polar surface area (TPSA) is 68.5 Å². The Morgan fingerprint density at radius 3 is 2.95 bits per heavy atom. The summed E-state index contributed by atoms with van der Waals surface area (Å²) in [5.41, 5.74) is 1.05. The van der Waals surface area contributed by atoms with Crippen molar-refractivity contribution < 1.29 is 13.9 Å². The van der Waals surface area contributed by atoms with Crippen LogP contribution in [0.4, 0.5) is 0 Å². The van der Waals surface area contributed by atoms with Crippen LogP contribution in [0.3, 0.4) is 0 Å². The van der Waals surface area contributed by atoms with Crippen molar-refractivity contribution in [2.45, 2.75) is 19.8 Å². The van der Waals surface area contributed by atoms with Gasteiger partial charge in [-0.15, -0.1) is 0 Å². The number of fused-ring (bicyclic) bond motifs is 1. The first-order valence-corrected chi connectivity index (χ1v) is 7.18. The average molecular weight is 301 g/mol. The molecule has 1 aromatic carbocycles. The van der Waals surface area contributed by atoms with Gasteiger partial charge in [-0.1, -0.05) is 6.58 Å². The number of ether oxygens (including phenoxy) is 1. The van der Waals surface area contributed by atoms with E-state index in [9.17, 15) is 9.59 Å². The van der Waals surface area contributed by atoms with Gasteiger partial charge in [0, 0.05) is 24.1 Å². The van der Waals surface area contributed by atoms with Gasteiger partial charge in [-0.05, 0) is 43.5 Å². The molecular weight excluding hydrogens is 282 g/mol. The summed E-state index contributed by atoms with van der Waals surface area (Å²) in [7, 11) is 0. The minimum absolute atomic E-state index is 0.166. The van der Waals surface area contributed by atoms with Gasteiger partial charge in [0.2, 0.25) is 5.91 Å². The quantitative estimate of drug-likeness (QED) is 0.485. The van der Waals surface area contributed by atoms with Crippen molar-refractivity contribution in [3.05, 3.63) is 52.9 Å². The van der Waals surface area contributed by atoms with Crippen LogP contribution in [0.25, 0.3) is 11.0 Å². The number of amides is 1. The summed E-state index contributed by atoms with van der Waals surface area (Å²) in [5, 5.41) is 3.61. The Kier molecular flexibility index (Phi) is 5.36. The molecule has 0 saturated carbocycles. The van der Waals surface area contributed by atoms with Crippen LogP contribution in [0.15, 0.2) is 46.1 Å². The Labute approximate surface area is 128 Å². The first-order valence-electron chi connectivity index (χ1n) is 7.18. The minimum atomic E-state index is -0.361. The van der Waals surface area contributed by atoms with Gasteiger partial charge in [0.15, 0.2) is 0 Å². The Balaban J connectivity index is 1.86. The SMILES string of the molecule is C=CC(=O)NCCCCOc1ccc2c(C)cc(=O)oc2c1. The van der Waals surface area contributed by atoms with Gasteiger partial charge >= 0.3 is 5.63 Å². The molecule has 0 atom stereocenters. The number of aryl methyl sites for hydroxylation is 1. The standard InChI is InChI=1S/C17H19NO4/c1-3-16(19)18-8-4-5-9-21-13-6-7-14-12(2)10-17(20)22-15(14)11-13/h3,6-7,10-11H,1,4-5,8-9H2,2H3,(H,18,19). The maximum Gasteiger partial charge on any atom is 0.336 e. The van der Waals surface area contributed by atoms with E-state index in [0.717, 1.165) is 23.8 Å². The molecule has 5 heteroatoms. The minimum Gasteiger partial charge on any atom is -0.493 e.